The average molecular weight is 236 g/mol. The van der Waals surface area contributed by atoms with Crippen LogP contribution in [0.15, 0.2) is 16.9 Å². The molecule has 0 aromatic heterocycles. The Morgan fingerprint density at radius 2 is 2.56 bits per heavy atom. The topological polar surface area (TPSA) is 38.4 Å². The predicted molar refractivity (Wildman–Crippen MR) is 47.8 cm³/mol. The molecular weight excluding hydrogens is 227 g/mol. The number of allylic oxidation sites excluding steroid dienone is 1. The van der Waals surface area contributed by atoms with Crippen molar-refractivity contribution in [1.29, 1.82) is 0 Å². The lowest BCUT2D eigenvalue weighted by Crippen LogP contribution is -2.18. The van der Waals surface area contributed by atoms with E-state index in [1.807, 2.05) is 12.3 Å². The lowest BCUT2D eigenvalue weighted by molar-refractivity contribution is 0.848. The summed E-state index contributed by atoms with van der Waals surface area (Å²) in [5.41, 5.74) is 5.47. The Hall–Kier alpha value is -0.0600. The highest BCUT2D eigenvalue weighted by molar-refractivity contribution is 14.1. The van der Waals surface area contributed by atoms with Crippen molar-refractivity contribution in [2.75, 3.05) is 0 Å². The lowest BCUT2D eigenvalue weighted by atomic mass is 10.1. The van der Waals surface area contributed by atoms with Gasteiger partial charge >= 0.3 is 0 Å². The minimum absolute atomic E-state index is 0.184. The molecule has 3 heteroatoms. The van der Waals surface area contributed by atoms with E-state index >= 15 is 0 Å². The van der Waals surface area contributed by atoms with Gasteiger partial charge in [-0.15, -0.1) is 0 Å². The second-order valence-corrected chi connectivity index (χ2v) is 4.83. The Morgan fingerprint density at radius 3 is 2.89 bits per heavy atom. The van der Waals surface area contributed by atoms with Crippen molar-refractivity contribution in [2.45, 2.75) is 16.8 Å². The van der Waals surface area contributed by atoms with Crippen LogP contribution in [0.5, 0.6) is 0 Å². The highest BCUT2D eigenvalue weighted by Crippen LogP contribution is 2.26. The summed E-state index contributed by atoms with van der Waals surface area (Å²) in [6.45, 7) is 2.13. The Balaban J connectivity index is 2.78. The van der Waals surface area contributed by atoms with E-state index < -0.39 is 0 Å². The smallest absolute Gasteiger partial charge is 0.120 e. The third kappa shape index (κ3) is 1.97. The van der Waals surface area contributed by atoms with Crippen LogP contribution in [-0.2, 0) is 0 Å². The first-order valence-electron chi connectivity index (χ1n) is 2.80. The molecule has 0 saturated heterocycles. The Labute approximate surface area is 68.4 Å². The summed E-state index contributed by atoms with van der Waals surface area (Å²) in [7, 11) is 0. The number of alkyl halides is 1. The number of hydrogen-bond donors (Lipinski definition) is 1. The molecule has 2 N–H and O–H groups in total. The molecule has 9 heavy (non-hydrogen) atoms. The molecule has 0 fully saturated rings. The minimum atomic E-state index is 0.184. The third-order valence-corrected chi connectivity index (χ3v) is 1.93. The minimum Gasteiger partial charge on any atom is -0.384 e. The van der Waals surface area contributed by atoms with Crippen molar-refractivity contribution < 1.29 is 0 Å². The van der Waals surface area contributed by atoms with E-state index in [4.69, 9.17) is 5.73 Å². The Kier molecular flexibility index (Phi) is 1.79. The normalized spacial score (nSPS) is 34.2. The fraction of sp³-hybridized carbons (Fsp3) is 0.500. The summed E-state index contributed by atoms with van der Waals surface area (Å²) in [6, 6.07) is 0. The summed E-state index contributed by atoms with van der Waals surface area (Å²) in [4.78, 5) is 3.93. The van der Waals surface area contributed by atoms with Crippen LogP contribution in [0.2, 0.25) is 0 Å². The van der Waals surface area contributed by atoms with Crippen LogP contribution < -0.4 is 5.73 Å². The second-order valence-electron chi connectivity index (χ2n) is 2.36. The number of rotatable bonds is 0. The van der Waals surface area contributed by atoms with Gasteiger partial charge in [0.15, 0.2) is 0 Å². The number of aliphatic imine (C=N–C) groups is 1. The predicted octanol–water partition coefficient (Wildman–Crippen LogP) is 1.45. The van der Waals surface area contributed by atoms with Gasteiger partial charge in [-0.2, -0.15) is 0 Å². The largest absolute Gasteiger partial charge is 0.384 e. The lowest BCUT2D eigenvalue weighted by Gasteiger charge is -2.18. The molecule has 0 bridgehead atoms. The molecule has 0 aliphatic carbocycles. The van der Waals surface area contributed by atoms with Gasteiger partial charge in [0, 0.05) is 16.1 Å². The standard InChI is InChI=1S/C6H9IN2/c1-6(7)2-3-9-5(8)4-6/h3-4H,2,8H2,1H3. The molecule has 0 aromatic rings. The molecule has 1 aliphatic rings. The number of nitrogens with zero attached hydrogens (tertiary/aromatic N) is 1. The van der Waals surface area contributed by atoms with Gasteiger partial charge in [0.1, 0.15) is 5.82 Å². The zero-order chi connectivity index (χ0) is 6.91. The van der Waals surface area contributed by atoms with Crippen LogP contribution in [-0.4, -0.2) is 9.64 Å². The summed E-state index contributed by atoms with van der Waals surface area (Å²) in [5, 5.41) is 0. The van der Waals surface area contributed by atoms with Crippen LogP contribution in [0, 0.1) is 0 Å². The quantitative estimate of drug-likeness (QED) is 0.501. The van der Waals surface area contributed by atoms with Crippen LogP contribution in [0.1, 0.15) is 13.3 Å². The number of hydrogen-bond acceptors (Lipinski definition) is 2. The molecule has 1 atom stereocenters. The molecule has 0 aromatic carbocycles. The Bertz CT molecular complexity index is 170. The first-order chi connectivity index (χ1) is 4.10. The average Bonchev–Trinajstić information content (AvgIpc) is 1.60. The first-order valence-corrected chi connectivity index (χ1v) is 3.88. The fourth-order valence-corrected chi connectivity index (χ4v) is 1.25. The summed E-state index contributed by atoms with van der Waals surface area (Å²) < 4.78 is 0.184. The van der Waals surface area contributed by atoms with E-state index in [0.717, 1.165) is 6.42 Å². The summed E-state index contributed by atoms with van der Waals surface area (Å²) in [5.74, 6) is 0.637. The van der Waals surface area contributed by atoms with E-state index in [1.54, 1.807) is 0 Å². The highest BCUT2D eigenvalue weighted by Gasteiger charge is 2.18. The zero-order valence-corrected chi connectivity index (χ0v) is 7.42. The van der Waals surface area contributed by atoms with Gasteiger partial charge in [0.05, 0.1) is 0 Å². The first kappa shape index (κ1) is 7.05. The van der Waals surface area contributed by atoms with Crippen LogP contribution in [0.3, 0.4) is 0 Å². The van der Waals surface area contributed by atoms with Gasteiger partial charge in [-0.3, -0.25) is 0 Å². The molecule has 50 valence electrons. The molecular formula is C6H9IN2. The summed E-state index contributed by atoms with van der Waals surface area (Å²) >= 11 is 2.36. The van der Waals surface area contributed by atoms with E-state index in [0.29, 0.717) is 5.82 Å². The fourth-order valence-electron chi connectivity index (χ4n) is 0.734. The molecule has 1 heterocycles. The van der Waals surface area contributed by atoms with E-state index in [2.05, 4.69) is 34.5 Å². The number of nitrogens with two attached hydrogens (primary N) is 1. The molecule has 0 amide bonds. The molecule has 0 spiro atoms. The zero-order valence-electron chi connectivity index (χ0n) is 5.26. The van der Waals surface area contributed by atoms with E-state index in [9.17, 15) is 0 Å². The maximum atomic E-state index is 5.47. The van der Waals surface area contributed by atoms with Crippen molar-refractivity contribution in [3.8, 4) is 0 Å². The maximum absolute atomic E-state index is 5.47. The highest BCUT2D eigenvalue weighted by atomic mass is 127. The molecule has 1 unspecified atom stereocenters. The monoisotopic (exact) mass is 236 g/mol. The van der Waals surface area contributed by atoms with Crippen molar-refractivity contribution in [3.05, 3.63) is 11.9 Å². The maximum Gasteiger partial charge on any atom is 0.120 e. The van der Waals surface area contributed by atoms with Crippen LogP contribution >= 0.6 is 22.6 Å². The number of halogens is 1. The van der Waals surface area contributed by atoms with Gasteiger partial charge in [0.2, 0.25) is 0 Å². The Morgan fingerprint density at radius 1 is 1.89 bits per heavy atom. The van der Waals surface area contributed by atoms with Gasteiger partial charge < -0.3 is 5.73 Å². The molecule has 0 saturated carbocycles. The van der Waals surface area contributed by atoms with Gasteiger partial charge in [-0.1, -0.05) is 22.6 Å². The van der Waals surface area contributed by atoms with Gasteiger partial charge in [-0.25, -0.2) is 4.99 Å². The van der Waals surface area contributed by atoms with Crippen LogP contribution in [0.4, 0.5) is 0 Å². The van der Waals surface area contributed by atoms with Gasteiger partial charge in [-0.05, 0) is 13.0 Å². The summed E-state index contributed by atoms with van der Waals surface area (Å²) in [6.07, 6.45) is 4.82. The van der Waals surface area contributed by atoms with E-state index in [-0.39, 0.29) is 3.42 Å². The van der Waals surface area contributed by atoms with Crippen molar-refractivity contribution >= 4 is 28.8 Å². The third-order valence-electron chi connectivity index (χ3n) is 1.18. The second kappa shape index (κ2) is 2.28. The van der Waals surface area contributed by atoms with Crippen molar-refractivity contribution in [2.24, 2.45) is 10.7 Å². The SMILES string of the molecule is CC1(I)C=C(N)N=CC1. The molecule has 2 nitrogen and oxygen atoms in total. The van der Waals surface area contributed by atoms with Crippen molar-refractivity contribution in [1.82, 2.24) is 0 Å². The van der Waals surface area contributed by atoms with Gasteiger partial charge in [0.25, 0.3) is 0 Å². The van der Waals surface area contributed by atoms with E-state index in [1.165, 1.54) is 0 Å². The van der Waals surface area contributed by atoms with Crippen LogP contribution in [0.25, 0.3) is 0 Å². The van der Waals surface area contributed by atoms with Crippen molar-refractivity contribution in [3.63, 3.8) is 0 Å². The molecule has 1 rings (SSSR count). The molecule has 0 radical (unpaired) electrons. The molecule has 1 aliphatic heterocycles.